The van der Waals surface area contributed by atoms with Gasteiger partial charge in [0.1, 0.15) is 0 Å². The Morgan fingerprint density at radius 2 is 2.18 bits per heavy atom. The fourth-order valence-electron chi connectivity index (χ4n) is 1.93. The van der Waals surface area contributed by atoms with Gasteiger partial charge in [-0.2, -0.15) is 0 Å². The molecule has 118 valence electrons. The van der Waals surface area contributed by atoms with Crippen LogP contribution in [-0.4, -0.2) is 41.6 Å². The van der Waals surface area contributed by atoms with Crippen molar-refractivity contribution in [2.75, 3.05) is 19.5 Å². The van der Waals surface area contributed by atoms with Crippen molar-refractivity contribution in [2.45, 2.75) is 25.1 Å². The van der Waals surface area contributed by atoms with Crippen LogP contribution in [0.25, 0.3) is 11.5 Å². The van der Waals surface area contributed by atoms with Crippen molar-refractivity contribution in [3.8, 4) is 11.5 Å². The number of aromatic nitrogens is 2. The molecular formula is C15H19N3O3S. The SMILES string of the molecule is COCC(C)NC(=O)CSc1nnc(-c2ccccc2C)o1. The monoisotopic (exact) mass is 321 g/mol. The molecule has 0 aliphatic rings. The van der Waals surface area contributed by atoms with Gasteiger partial charge in [-0.1, -0.05) is 30.0 Å². The smallest absolute Gasteiger partial charge is 0.277 e. The molecule has 1 amide bonds. The Balaban J connectivity index is 1.90. The molecule has 0 bridgehead atoms. The summed E-state index contributed by atoms with van der Waals surface area (Å²) in [6, 6.07) is 7.76. The molecule has 1 heterocycles. The second-order valence-corrected chi connectivity index (χ2v) is 5.83. The molecule has 0 aliphatic heterocycles. The molecule has 0 spiro atoms. The number of rotatable bonds is 7. The van der Waals surface area contributed by atoms with E-state index in [2.05, 4.69) is 15.5 Å². The van der Waals surface area contributed by atoms with Gasteiger partial charge in [-0.3, -0.25) is 4.79 Å². The zero-order chi connectivity index (χ0) is 15.9. The van der Waals surface area contributed by atoms with E-state index in [1.54, 1.807) is 7.11 Å². The minimum atomic E-state index is -0.0924. The highest BCUT2D eigenvalue weighted by atomic mass is 32.2. The van der Waals surface area contributed by atoms with Crippen molar-refractivity contribution >= 4 is 17.7 Å². The van der Waals surface area contributed by atoms with Gasteiger partial charge in [0.2, 0.25) is 11.8 Å². The van der Waals surface area contributed by atoms with Crippen molar-refractivity contribution in [3.05, 3.63) is 29.8 Å². The Morgan fingerprint density at radius 1 is 1.41 bits per heavy atom. The summed E-state index contributed by atoms with van der Waals surface area (Å²) in [5, 5.41) is 11.2. The van der Waals surface area contributed by atoms with E-state index in [4.69, 9.17) is 9.15 Å². The Labute approximate surface area is 133 Å². The van der Waals surface area contributed by atoms with Crippen LogP contribution >= 0.6 is 11.8 Å². The van der Waals surface area contributed by atoms with Gasteiger partial charge in [0, 0.05) is 18.7 Å². The van der Waals surface area contributed by atoms with Crippen LogP contribution in [0, 0.1) is 6.92 Å². The van der Waals surface area contributed by atoms with Crippen LogP contribution in [0.1, 0.15) is 12.5 Å². The second kappa shape index (κ2) is 7.95. The number of amides is 1. The van der Waals surface area contributed by atoms with Crippen molar-refractivity contribution in [1.82, 2.24) is 15.5 Å². The first-order valence-electron chi connectivity index (χ1n) is 6.90. The summed E-state index contributed by atoms with van der Waals surface area (Å²) < 4.78 is 10.6. The van der Waals surface area contributed by atoms with Crippen molar-refractivity contribution in [1.29, 1.82) is 0 Å². The molecule has 2 rings (SSSR count). The lowest BCUT2D eigenvalue weighted by molar-refractivity contribution is -0.119. The number of hydrogen-bond donors (Lipinski definition) is 1. The highest BCUT2D eigenvalue weighted by Gasteiger charge is 2.13. The predicted molar refractivity (Wildman–Crippen MR) is 84.7 cm³/mol. The third-order valence-electron chi connectivity index (χ3n) is 2.93. The quantitative estimate of drug-likeness (QED) is 0.788. The number of nitrogens with zero attached hydrogens (tertiary/aromatic N) is 2. The average Bonchev–Trinajstić information content (AvgIpc) is 2.94. The van der Waals surface area contributed by atoms with Crippen LogP contribution in [0.5, 0.6) is 0 Å². The lowest BCUT2D eigenvalue weighted by atomic mass is 10.1. The summed E-state index contributed by atoms with van der Waals surface area (Å²) in [6.45, 7) is 4.35. The molecular weight excluding hydrogens is 302 g/mol. The van der Waals surface area contributed by atoms with Crippen molar-refractivity contribution in [2.24, 2.45) is 0 Å². The summed E-state index contributed by atoms with van der Waals surface area (Å²) in [6.07, 6.45) is 0. The van der Waals surface area contributed by atoms with Gasteiger partial charge in [-0.15, -0.1) is 10.2 Å². The zero-order valence-electron chi connectivity index (χ0n) is 12.8. The summed E-state index contributed by atoms with van der Waals surface area (Å²) in [5.74, 6) is 0.600. The summed E-state index contributed by atoms with van der Waals surface area (Å²) >= 11 is 1.22. The maximum absolute atomic E-state index is 11.8. The average molecular weight is 321 g/mol. The number of carbonyl (C=O) groups excluding carboxylic acids is 1. The highest BCUT2D eigenvalue weighted by Crippen LogP contribution is 2.25. The minimum Gasteiger partial charge on any atom is -0.411 e. The summed E-state index contributed by atoms with van der Waals surface area (Å²) in [4.78, 5) is 11.8. The van der Waals surface area contributed by atoms with E-state index in [0.29, 0.717) is 17.7 Å². The highest BCUT2D eigenvalue weighted by molar-refractivity contribution is 7.99. The molecule has 0 aliphatic carbocycles. The Hall–Kier alpha value is -1.86. The van der Waals surface area contributed by atoms with Gasteiger partial charge in [-0.05, 0) is 25.5 Å². The van der Waals surface area contributed by atoms with E-state index in [1.165, 1.54) is 11.8 Å². The van der Waals surface area contributed by atoms with Crippen molar-refractivity contribution in [3.63, 3.8) is 0 Å². The standard InChI is InChI=1S/C15H19N3O3S/c1-10-6-4-5-7-12(10)14-17-18-15(21-14)22-9-13(19)16-11(2)8-20-3/h4-7,11H,8-9H2,1-3H3,(H,16,19). The Bertz CT molecular complexity index is 630. The largest absolute Gasteiger partial charge is 0.411 e. The van der Waals surface area contributed by atoms with Crippen molar-refractivity contribution < 1.29 is 13.9 Å². The summed E-state index contributed by atoms with van der Waals surface area (Å²) in [5.41, 5.74) is 1.97. The number of ether oxygens (including phenoxy) is 1. The van der Waals surface area contributed by atoms with E-state index in [1.807, 2.05) is 38.1 Å². The van der Waals surface area contributed by atoms with Crippen LogP contribution in [0.2, 0.25) is 0 Å². The van der Waals surface area contributed by atoms with Gasteiger partial charge in [0.05, 0.1) is 12.4 Å². The molecule has 7 heteroatoms. The van der Waals surface area contributed by atoms with Gasteiger partial charge < -0.3 is 14.5 Å². The lowest BCUT2D eigenvalue weighted by Crippen LogP contribution is -2.36. The Morgan fingerprint density at radius 3 is 2.91 bits per heavy atom. The Kier molecular flexibility index (Phi) is 5.97. The maximum atomic E-state index is 11.8. The molecule has 1 N–H and O–H groups in total. The number of thioether (sulfide) groups is 1. The first kappa shape index (κ1) is 16.5. The van der Waals surface area contributed by atoms with Gasteiger partial charge >= 0.3 is 0 Å². The number of carbonyl (C=O) groups is 1. The molecule has 2 aromatic rings. The summed E-state index contributed by atoms with van der Waals surface area (Å²) in [7, 11) is 1.60. The number of nitrogens with one attached hydrogen (secondary N) is 1. The third-order valence-corrected chi connectivity index (χ3v) is 3.75. The van der Waals surface area contributed by atoms with Crippen LogP contribution in [0.4, 0.5) is 0 Å². The second-order valence-electron chi connectivity index (χ2n) is 4.90. The van der Waals surface area contributed by atoms with Crippen LogP contribution in [-0.2, 0) is 9.53 Å². The van der Waals surface area contributed by atoms with E-state index in [-0.39, 0.29) is 17.7 Å². The zero-order valence-corrected chi connectivity index (χ0v) is 13.6. The third kappa shape index (κ3) is 4.57. The van der Waals surface area contributed by atoms with E-state index >= 15 is 0 Å². The van der Waals surface area contributed by atoms with Gasteiger partial charge in [-0.25, -0.2) is 0 Å². The van der Waals surface area contributed by atoms with Crippen LogP contribution in [0.15, 0.2) is 33.9 Å². The molecule has 6 nitrogen and oxygen atoms in total. The minimum absolute atomic E-state index is 0.0247. The fraction of sp³-hybridized carbons (Fsp3) is 0.400. The molecule has 0 saturated carbocycles. The molecule has 1 unspecified atom stereocenters. The molecule has 22 heavy (non-hydrogen) atoms. The molecule has 1 aromatic heterocycles. The van der Waals surface area contributed by atoms with Crippen LogP contribution < -0.4 is 5.32 Å². The molecule has 1 aromatic carbocycles. The topological polar surface area (TPSA) is 77.2 Å². The number of hydrogen-bond acceptors (Lipinski definition) is 6. The van der Waals surface area contributed by atoms with Crippen LogP contribution in [0.3, 0.4) is 0 Å². The maximum Gasteiger partial charge on any atom is 0.277 e. The first-order valence-corrected chi connectivity index (χ1v) is 7.89. The number of aryl methyl sites for hydroxylation is 1. The predicted octanol–water partition coefficient (Wildman–Crippen LogP) is 2.29. The lowest BCUT2D eigenvalue weighted by Gasteiger charge is -2.11. The molecule has 1 atom stereocenters. The molecule has 0 fully saturated rings. The molecule has 0 radical (unpaired) electrons. The van der Waals surface area contributed by atoms with Gasteiger partial charge in [0.25, 0.3) is 5.22 Å². The number of methoxy groups -OCH3 is 1. The van der Waals surface area contributed by atoms with E-state index < -0.39 is 0 Å². The van der Waals surface area contributed by atoms with E-state index in [9.17, 15) is 4.79 Å². The first-order chi connectivity index (χ1) is 10.6. The normalized spacial score (nSPS) is 12.1. The van der Waals surface area contributed by atoms with E-state index in [0.717, 1.165) is 11.1 Å². The van der Waals surface area contributed by atoms with Gasteiger partial charge in [0.15, 0.2) is 0 Å². The fourth-order valence-corrected chi connectivity index (χ4v) is 2.50. The molecule has 0 saturated heterocycles. The number of benzene rings is 1.